The Kier molecular flexibility index (Phi) is 6.06. The molecule has 0 saturated heterocycles. The molecule has 0 aliphatic heterocycles. The molecule has 0 bridgehead atoms. The maximum atomic E-state index is 12.3. The molecule has 1 aromatic carbocycles. The molecule has 1 N–H and O–H groups in total. The van der Waals surface area contributed by atoms with E-state index in [-0.39, 0.29) is 18.3 Å². The third-order valence-corrected chi connectivity index (χ3v) is 5.89. The highest BCUT2D eigenvalue weighted by Crippen LogP contribution is 2.32. The number of rotatable bonds is 6. The van der Waals surface area contributed by atoms with Crippen molar-refractivity contribution < 1.29 is 19.1 Å². The van der Waals surface area contributed by atoms with Crippen molar-refractivity contribution in [1.29, 1.82) is 0 Å². The van der Waals surface area contributed by atoms with Crippen LogP contribution >= 0.6 is 11.3 Å². The first kappa shape index (κ1) is 19.3. The first-order chi connectivity index (χ1) is 13.0. The SMILES string of the molecule is CCC(=O)Nc1ccc(C(=O)COC(=O)c2cc3c(s2)CC[C@@H](C)C3)cc1. The molecule has 1 heterocycles. The molecule has 0 saturated carbocycles. The summed E-state index contributed by atoms with van der Waals surface area (Å²) < 4.78 is 5.21. The molecule has 142 valence electrons. The van der Waals surface area contributed by atoms with Crippen LogP contribution in [0.5, 0.6) is 0 Å². The first-order valence-electron chi connectivity index (χ1n) is 9.18. The van der Waals surface area contributed by atoms with Crippen LogP contribution in [0, 0.1) is 5.92 Å². The first-order valence-corrected chi connectivity index (χ1v) is 9.99. The fourth-order valence-corrected chi connectivity index (χ4v) is 4.18. The van der Waals surface area contributed by atoms with Crippen LogP contribution in [0.2, 0.25) is 0 Å². The molecule has 1 atom stereocenters. The summed E-state index contributed by atoms with van der Waals surface area (Å²) in [6, 6.07) is 8.47. The number of carbonyl (C=O) groups excluding carboxylic acids is 3. The standard InChI is InChI=1S/C21H23NO4S/c1-3-20(24)22-16-7-5-14(6-8-16)17(23)12-26-21(25)19-11-15-10-13(2)4-9-18(15)27-19/h5-8,11,13H,3-4,9-10,12H2,1-2H3,(H,22,24)/t13-/m1/s1. The number of hydrogen-bond acceptors (Lipinski definition) is 5. The number of Topliss-reactive ketones (excluding diaryl/α,β-unsaturated/α-hetero) is 1. The number of aryl methyl sites for hydroxylation is 1. The summed E-state index contributed by atoms with van der Waals surface area (Å²) in [6.07, 6.45) is 3.55. The molecule has 2 aromatic rings. The number of benzene rings is 1. The van der Waals surface area contributed by atoms with Gasteiger partial charge < -0.3 is 10.1 Å². The Morgan fingerprint density at radius 2 is 1.96 bits per heavy atom. The number of esters is 1. The van der Waals surface area contributed by atoms with Gasteiger partial charge in [0.2, 0.25) is 5.91 Å². The molecular formula is C21H23NO4S. The Morgan fingerprint density at radius 3 is 2.67 bits per heavy atom. The smallest absolute Gasteiger partial charge is 0.348 e. The average Bonchev–Trinajstić information content (AvgIpc) is 3.09. The minimum Gasteiger partial charge on any atom is -0.453 e. The monoisotopic (exact) mass is 385 g/mol. The lowest BCUT2D eigenvalue weighted by Crippen LogP contribution is -2.14. The van der Waals surface area contributed by atoms with Gasteiger partial charge in [-0.1, -0.05) is 13.8 Å². The van der Waals surface area contributed by atoms with Gasteiger partial charge in [0.15, 0.2) is 12.4 Å². The van der Waals surface area contributed by atoms with E-state index in [0.717, 1.165) is 19.3 Å². The lowest BCUT2D eigenvalue weighted by Gasteiger charge is -2.16. The van der Waals surface area contributed by atoms with Crippen molar-refractivity contribution in [2.75, 3.05) is 11.9 Å². The number of anilines is 1. The average molecular weight is 385 g/mol. The molecular weight excluding hydrogens is 362 g/mol. The summed E-state index contributed by atoms with van der Waals surface area (Å²) in [5, 5.41) is 2.72. The number of ether oxygens (including phenoxy) is 1. The number of nitrogens with one attached hydrogen (secondary N) is 1. The summed E-state index contributed by atoms with van der Waals surface area (Å²) in [6.45, 7) is 3.70. The fourth-order valence-electron chi connectivity index (χ4n) is 3.08. The fraction of sp³-hybridized carbons (Fsp3) is 0.381. The molecule has 0 fully saturated rings. The maximum Gasteiger partial charge on any atom is 0.348 e. The van der Waals surface area contributed by atoms with Crippen LogP contribution in [0.15, 0.2) is 30.3 Å². The topological polar surface area (TPSA) is 72.5 Å². The van der Waals surface area contributed by atoms with Crippen molar-refractivity contribution in [3.05, 3.63) is 51.2 Å². The van der Waals surface area contributed by atoms with Crippen molar-refractivity contribution in [2.24, 2.45) is 5.92 Å². The van der Waals surface area contributed by atoms with E-state index in [1.165, 1.54) is 21.8 Å². The van der Waals surface area contributed by atoms with Gasteiger partial charge in [0.1, 0.15) is 4.88 Å². The van der Waals surface area contributed by atoms with Crippen LogP contribution in [-0.2, 0) is 22.4 Å². The van der Waals surface area contributed by atoms with Crippen LogP contribution in [0.1, 0.15) is 57.2 Å². The van der Waals surface area contributed by atoms with Crippen LogP contribution in [0.25, 0.3) is 0 Å². The Hall–Kier alpha value is -2.47. The van der Waals surface area contributed by atoms with E-state index in [1.54, 1.807) is 31.2 Å². The number of thiophene rings is 1. The Labute approximate surface area is 162 Å². The number of carbonyl (C=O) groups is 3. The highest BCUT2D eigenvalue weighted by molar-refractivity contribution is 7.14. The summed E-state index contributed by atoms with van der Waals surface area (Å²) in [4.78, 5) is 37.7. The predicted octanol–water partition coefficient (Wildman–Crippen LogP) is 4.26. The quantitative estimate of drug-likeness (QED) is 0.596. The minimum absolute atomic E-state index is 0.0870. The van der Waals surface area contributed by atoms with Gasteiger partial charge in [-0.15, -0.1) is 11.3 Å². The van der Waals surface area contributed by atoms with Crippen molar-refractivity contribution >= 4 is 34.7 Å². The lowest BCUT2D eigenvalue weighted by atomic mass is 9.90. The zero-order valence-electron chi connectivity index (χ0n) is 15.5. The van der Waals surface area contributed by atoms with E-state index in [2.05, 4.69) is 12.2 Å². The largest absolute Gasteiger partial charge is 0.453 e. The minimum atomic E-state index is -0.442. The van der Waals surface area contributed by atoms with Crippen molar-refractivity contribution in [1.82, 2.24) is 0 Å². The number of fused-ring (bicyclic) bond motifs is 1. The summed E-state index contributed by atoms with van der Waals surface area (Å²) in [5.41, 5.74) is 2.31. The zero-order chi connectivity index (χ0) is 19.4. The molecule has 1 aliphatic rings. The van der Waals surface area contributed by atoms with Crippen LogP contribution in [0.3, 0.4) is 0 Å². The van der Waals surface area contributed by atoms with E-state index in [9.17, 15) is 14.4 Å². The Balaban J connectivity index is 1.56. The Bertz CT molecular complexity index is 854. The van der Waals surface area contributed by atoms with Crippen molar-refractivity contribution in [3.63, 3.8) is 0 Å². The van der Waals surface area contributed by atoms with Crippen LogP contribution < -0.4 is 5.32 Å². The second-order valence-electron chi connectivity index (χ2n) is 6.89. The predicted molar refractivity (Wildman–Crippen MR) is 105 cm³/mol. The van der Waals surface area contributed by atoms with Gasteiger partial charge in [-0.2, -0.15) is 0 Å². The molecule has 0 spiro atoms. The third kappa shape index (κ3) is 4.83. The summed E-state index contributed by atoms with van der Waals surface area (Å²) in [5.74, 6) is -0.160. The van der Waals surface area contributed by atoms with Crippen molar-refractivity contribution in [3.8, 4) is 0 Å². The van der Waals surface area contributed by atoms with Gasteiger partial charge in [-0.25, -0.2) is 4.79 Å². The second-order valence-corrected chi connectivity index (χ2v) is 8.02. The van der Waals surface area contributed by atoms with Gasteiger partial charge in [0.25, 0.3) is 0 Å². The van der Waals surface area contributed by atoms with E-state index in [4.69, 9.17) is 4.74 Å². The summed E-state index contributed by atoms with van der Waals surface area (Å²) >= 11 is 1.48. The molecule has 5 nitrogen and oxygen atoms in total. The number of hydrogen-bond donors (Lipinski definition) is 1. The molecule has 1 amide bonds. The maximum absolute atomic E-state index is 12.3. The number of ketones is 1. The van der Waals surface area contributed by atoms with Crippen LogP contribution in [0.4, 0.5) is 5.69 Å². The normalized spacial score (nSPS) is 15.7. The van der Waals surface area contributed by atoms with Gasteiger partial charge >= 0.3 is 5.97 Å². The second kappa shape index (κ2) is 8.48. The van der Waals surface area contributed by atoms with Gasteiger partial charge in [-0.05, 0) is 61.1 Å². The molecule has 3 rings (SSSR count). The van der Waals surface area contributed by atoms with Crippen molar-refractivity contribution in [2.45, 2.75) is 39.5 Å². The van der Waals surface area contributed by atoms with Gasteiger partial charge in [-0.3, -0.25) is 9.59 Å². The van der Waals surface area contributed by atoms with E-state index >= 15 is 0 Å². The summed E-state index contributed by atoms with van der Waals surface area (Å²) in [7, 11) is 0. The lowest BCUT2D eigenvalue weighted by molar-refractivity contribution is -0.115. The zero-order valence-corrected chi connectivity index (χ0v) is 16.4. The van der Waals surface area contributed by atoms with E-state index < -0.39 is 5.97 Å². The highest BCUT2D eigenvalue weighted by atomic mass is 32.1. The molecule has 0 unspecified atom stereocenters. The molecule has 1 aliphatic carbocycles. The Morgan fingerprint density at radius 1 is 1.22 bits per heavy atom. The van der Waals surface area contributed by atoms with Crippen LogP contribution in [-0.4, -0.2) is 24.3 Å². The van der Waals surface area contributed by atoms with E-state index in [0.29, 0.717) is 28.5 Å². The molecule has 27 heavy (non-hydrogen) atoms. The van der Waals surface area contributed by atoms with E-state index in [1.807, 2.05) is 6.07 Å². The number of amides is 1. The highest BCUT2D eigenvalue weighted by Gasteiger charge is 2.22. The molecule has 0 radical (unpaired) electrons. The molecule has 1 aromatic heterocycles. The van der Waals surface area contributed by atoms with Gasteiger partial charge in [0, 0.05) is 22.5 Å². The van der Waals surface area contributed by atoms with Gasteiger partial charge in [0.05, 0.1) is 0 Å². The third-order valence-electron chi connectivity index (χ3n) is 4.68. The molecule has 6 heteroatoms.